The van der Waals surface area contributed by atoms with Gasteiger partial charge in [-0.15, -0.1) is 0 Å². The zero-order valence-electron chi connectivity index (χ0n) is 12.0. The monoisotopic (exact) mass is 322 g/mol. The van der Waals surface area contributed by atoms with Crippen LogP contribution in [0, 0.1) is 0 Å². The number of carbonyl (C=O) groups excluding carboxylic acids is 2. The van der Waals surface area contributed by atoms with E-state index < -0.39 is 5.91 Å². The molecule has 0 saturated heterocycles. The summed E-state index contributed by atoms with van der Waals surface area (Å²) in [6.45, 7) is 2.17. The molecule has 0 aliphatic carbocycles. The van der Waals surface area contributed by atoms with Crippen LogP contribution >= 0.6 is 11.6 Å². The van der Waals surface area contributed by atoms with Crippen molar-refractivity contribution in [2.75, 3.05) is 6.54 Å². The summed E-state index contributed by atoms with van der Waals surface area (Å²) in [7, 11) is 0. The number of rotatable bonds is 5. The molecule has 0 fully saturated rings. The molecule has 7 heteroatoms. The zero-order valence-corrected chi connectivity index (χ0v) is 12.8. The molecule has 0 saturated carbocycles. The fourth-order valence-corrected chi connectivity index (χ4v) is 1.96. The topological polar surface area (TPSA) is 88.0 Å². The van der Waals surface area contributed by atoms with E-state index in [1.807, 2.05) is 36.5 Å². The number of benzene rings is 1. The van der Waals surface area contributed by atoms with Gasteiger partial charge in [-0.2, -0.15) is 0 Å². The van der Waals surface area contributed by atoms with E-state index in [4.69, 9.17) is 16.0 Å². The van der Waals surface area contributed by atoms with Crippen LogP contribution in [0.4, 0.5) is 0 Å². The standard InChI is InChI=1S/C15H16ClN3O3/c1-10(11-4-6-12(16)7-5-11)17-9-14(20)18-19-15(21)13-3-2-8-22-13/h2-8,10,17H,9H2,1H3,(H,18,20)(H,19,21)/p+1/t10-/m1/s1. The summed E-state index contributed by atoms with van der Waals surface area (Å²) in [5.74, 6) is -0.663. The lowest BCUT2D eigenvalue weighted by molar-refractivity contribution is -0.682. The van der Waals surface area contributed by atoms with Gasteiger partial charge in [0.15, 0.2) is 12.3 Å². The molecule has 0 radical (unpaired) electrons. The van der Waals surface area contributed by atoms with Gasteiger partial charge < -0.3 is 9.73 Å². The van der Waals surface area contributed by atoms with Crippen molar-refractivity contribution < 1.29 is 19.3 Å². The van der Waals surface area contributed by atoms with E-state index in [9.17, 15) is 9.59 Å². The highest BCUT2D eigenvalue weighted by atomic mass is 35.5. The average molecular weight is 323 g/mol. The Labute approximate surface area is 132 Å². The highest BCUT2D eigenvalue weighted by molar-refractivity contribution is 6.30. The van der Waals surface area contributed by atoms with Gasteiger partial charge >= 0.3 is 5.91 Å². The fraction of sp³-hybridized carbons (Fsp3) is 0.200. The Morgan fingerprint density at radius 1 is 1.23 bits per heavy atom. The second-order valence-electron chi connectivity index (χ2n) is 4.76. The fourth-order valence-electron chi connectivity index (χ4n) is 1.83. The molecule has 2 amide bonds. The summed E-state index contributed by atoms with van der Waals surface area (Å²) in [6, 6.07) is 10.7. The van der Waals surface area contributed by atoms with Gasteiger partial charge in [0.2, 0.25) is 0 Å². The number of hydrazine groups is 1. The molecule has 0 unspecified atom stereocenters. The third kappa shape index (κ3) is 4.61. The highest BCUT2D eigenvalue weighted by Gasteiger charge is 2.13. The van der Waals surface area contributed by atoms with Crippen LogP contribution in [0.1, 0.15) is 29.1 Å². The third-order valence-electron chi connectivity index (χ3n) is 3.11. The number of nitrogens with two attached hydrogens (primary N) is 1. The van der Waals surface area contributed by atoms with E-state index in [0.717, 1.165) is 5.56 Å². The Morgan fingerprint density at radius 2 is 1.95 bits per heavy atom. The van der Waals surface area contributed by atoms with Gasteiger partial charge in [-0.05, 0) is 31.2 Å². The van der Waals surface area contributed by atoms with E-state index in [2.05, 4.69) is 10.9 Å². The van der Waals surface area contributed by atoms with Crippen molar-refractivity contribution in [2.45, 2.75) is 13.0 Å². The van der Waals surface area contributed by atoms with Gasteiger partial charge in [0.25, 0.3) is 5.91 Å². The summed E-state index contributed by atoms with van der Waals surface area (Å²) in [5.41, 5.74) is 5.69. The smallest absolute Gasteiger partial charge is 0.305 e. The predicted octanol–water partition coefficient (Wildman–Crippen LogP) is 1.02. The van der Waals surface area contributed by atoms with Crippen LogP contribution in [-0.4, -0.2) is 18.4 Å². The molecule has 0 spiro atoms. The Hall–Kier alpha value is -2.31. The second kappa shape index (κ2) is 7.63. The molecule has 1 atom stereocenters. The first-order valence-electron chi connectivity index (χ1n) is 6.77. The van der Waals surface area contributed by atoms with Crippen LogP contribution in [0.15, 0.2) is 47.1 Å². The first-order valence-corrected chi connectivity index (χ1v) is 7.15. The molecule has 4 N–H and O–H groups in total. The van der Waals surface area contributed by atoms with Crippen molar-refractivity contribution >= 4 is 23.4 Å². The van der Waals surface area contributed by atoms with Crippen molar-refractivity contribution in [3.63, 3.8) is 0 Å². The third-order valence-corrected chi connectivity index (χ3v) is 3.36. The maximum Gasteiger partial charge on any atom is 0.305 e. The Kier molecular flexibility index (Phi) is 5.57. The predicted molar refractivity (Wildman–Crippen MR) is 81.0 cm³/mol. The maximum atomic E-state index is 11.7. The summed E-state index contributed by atoms with van der Waals surface area (Å²) >= 11 is 5.83. The van der Waals surface area contributed by atoms with E-state index in [-0.39, 0.29) is 24.3 Å². The molecule has 1 aromatic heterocycles. The Balaban J connectivity index is 1.73. The lowest BCUT2D eigenvalue weighted by atomic mass is 10.1. The summed E-state index contributed by atoms with van der Waals surface area (Å²) in [4.78, 5) is 23.3. The van der Waals surface area contributed by atoms with Crippen LogP contribution in [0.25, 0.3) is 0 Å². The molecule has 6 nitrogen and oxygen atoms in total. The number of halogens is 1. The summed E-state index contributed by atoms with van der Waals surface area (Å²) in [6.07, 6.45) is 1.39. The van der Waals surface area contributed by atoms with Crippen molar-refractivity contribution in [3.05, 3.63) is 59.0 Å². The van der Waals surface area contributed by atoms with Gasteiger partial charge in [-0.3, -0.25) is 20.4 Å². The minimum atomic E-state index is -0.496. The minimum absolute atomic E-state index is 0.101. The number of quaternary nitrogens is 1. The molecule has 116 valence electrons. The van der Waals surface area contributed by atoms with Crippen molar-refractivity contribution in [3.8, 4) is 0 Å². The number of amides is 2. The highest BCUT2D eigenvalue weighted by Crippen LogP contribution is 2.13. The molecular weight excluding hydrogens is 306 g/mol. The van der Waals surface area contributed by atoms with Gasteiger partial charge in [0.1, 0.15) is 6.04 Å². The molecular formula is C15H17ClN3O3+. The molecule has 0 aliphatic rings. The SMILES string of the molecule is C[C@@H]([NH2+]CC(=O)NNC(=O)c1ccco1)c1ccc(Cl)cc1. The molecule has 0 bridgehead atoms. The molecule has 0 aliphatic heterocycles. The van der Waals surface area contributed by atoms with E-state index in [0.29, 0.717) is 5.02 Å². The molecule has 22 heavy (non-hydrogen) atoms. The minimum Gasteiger partial charge on any atom is -0.459 e. The number of carbonyl (C=O) groups is 2. The maximum absolute atomic E-state index is 11.7. The van der Waals surface area contributed by atoms with E-state index in [1.54, 1.807) is 6.07 Å². The number of furan rings is 1. The van der Waals surface area contributed by atoms with Gasteiger partial charge in [-0.25, -0.2) is 0 Å². The normalized spacial score (nSPS) is 11.7. The van der Waals surface area contributed by atoms with Crippen LogP contribution < -0.4 is 16.2 Å². The number of hydrogen-bond acceptors (Lipinski definition) is 3. The quantitative estimate of drug-likeness (QED) is 0.718. The first-order chi connectivity index (χ1) is 10.6. The largest absolute Gasteiger partial charge is 0.459 e. The van der Waals surface area contributed by atoms with Crippen LogP contribution in [0.5, 0.6) is 0 Å². The molecule has 1 aromatic carbocycles. The Morgan fingerprint density at radius 3 is 2.59 bits per heavy atom. The van der Waals surface area contributed by atoms with Crippen molar-refractivity contribution in [1.29, 1.82) is 0 Å². The van der Waals surface area contributed by atoms with Gasteiger partial charge in [0, 0.05) is 10.6 Å². The lowest BCUT2D eigenvalue weighted by Gasteiger charge is -2.11. The average Bonchev–Trinajstić information content (AvgIpc) is 3.05. The molecule has 1 heterocycles. The number of hydrogen-bond donors (Lipinski definition) is 3. The first kappa shape index (κ1) is 16.1. The summed E-state index contributed by atoms with van der Waals surface area (Å²) in [5, 5.41) is 2.53. The summed E-state index contributed by atoms with van der Waals surface area (Å²) < 4.78 is 4.91. The van der Waals surface area contributed by atoms with Crippen LogP contribution in [-0.2, 0) is 4.79 Å². The van der Waals surface area contributed by atoms with E-state index >= 15 is 0 Å². The number of nitrogens with one attached hydrogen (secondary N) is 2. The van der Waals surface area contributed by atoms with Crippen molar-refractivity contribution in [2.24, 2.45) is 0 Å². The lowest BCUT2D eigenvalue weighted by Crippen LogP contribution is -2.87. The zero-order chi connectivity index (χ0) is 15.9. The Bertz CT molecular complexity index is 626. The van der Waals surface area contributed by atoms with Gasteiger partial charge in [-0.1, -0.05) is 23.7 Å². The molecule has 2 rings (SSSR count). The molecule has 2 aromatic rings. The van der Waals surface area contributed by atoms with Crippen molar-refractivity contribution in [1.82, 2.24) is 10.9 Å². The van der Waals surface area contributed by atoms with Crippen LogP contribution in [0.2, 0.25) is 5.02 Å². The van der Waals surface area contributed by atoms with Crippen LogP contribution in [0.3, 0.4) is 0 Å². The van der Waals surface area contributed by atoms with Gasteiger partial charge in [0.05, 0.1) is 6.26 Å². The second-order valence-corrected chi connectivity index (χ2v) is 5.20. The van der Waals surface area contributed by atoms with E-state index in [1.165, 1.54) is 12.3 Å².